The zero-order chi connectivity index (χ0) is 25.6. The number of aryl methyl sites for hydroxylation is 1. The molecule has 2 atom stereocenters. The molecule has 0 aliphatic carbocycles. The predicted molar refractivity (Wildman–Crippen MR) is 118 cm³/mol. The normalized spacial score (nSPS) is 14.1. The van der Waals surface area contributed by atoms with E-state index in [1.54, 1.807) is 31.2 Å². The van der Waals surface area contributed by atoms with Gasteiger partial charge in [-0.25, -0.2) is 0 Å². The Morgan fingerprint density at radius 2 is 1.63 bits per heavy atom. The second kappa shape index (κ2) is 11.1. The van der Waals surface area contributed by atoms with Crippen molar-refractivity contribution in [3.8, 4) is 5.75 Å². The molecule has 0 amide bonds. The smallest absolute Gasteiger partial charge is 0.416 e. The van der Waals surface area contributed by atoms with E-state index < -0.39 is 43.2 Å². The molecule has 0 fully saturated rings. The molecular weight excluding hydrogens is 474 g/mol. The maximum Gasteiger partial charge on any atom is 0.416 e. The number of hydrogen-bond acceptors (Lipinski definition) is 4. The topological polar surface area (TPSA) is 45.6 Å². The molecule has 1 heterocycles. The number of aliphatic hydroxyl groups excluding tert-OH is 1. The van der Waals surface area contributed by atoms with E-state index >= 15 is 0 Å². The summed E-state index contributed by atoms with van der Waals surface area (Å²) in [6, 6.07) is 11.5. The lowest BCUT2D eigenvalue weighted by Crippen LogP contribution is -2.43. The molecule has 0 bridgehead atoms. The maximum absolute atomic E-state index is 14.2. The Labute approximate surface area is 198 Å². The monoisotopic (exact) mass is 498 g/mol. The van der Waals surface area contributed by atoms with E-state index in [9.17, 15) is 31.4 Å². The largest absolute Gasteiger partial charge is 0.491 e. The molecule has 0 aliphatic heterocycles. The van der Waals surface area contributed by atoms with Crippen LogP contribution >= 0.6 is 0 Å². The third kappa shape index (κ3) is 7.43. The molecule has 0 aliphatic rings. The molecule has 0 saturated carbocycles. The quantitative estimate of drug-likeness (QED) is 0.370. The lowest BCUT2D eigenvalue weighted by Gasteiger charge is -2.35. The van der Waals surface area contributed by atoms with Crippen molar-refractivity contribution in [2.24, 2.45) is 0 Å². The molecule has 3 aromatic rings. The van der Waals surface area contributed by atoms with Crippen LogP contribution in [0.15, 0.2) is 73.1 Å². The van der Waals surface area contributed by atoms with Crippen LogP contribution in [0.25, 0.3) is 0 Å². The summed E-state index contributed by atoms with van der Waals surface area (Å²) in [6.45, 7) is 0.856. The summed E-state index contributed by atoms with van der Waals surface area (Å²) in [4.78, 5) is 4.91. The Bertz CT molecular complexity index is 1070. The molecule has 1 unspecified atom stereocenters. The number of nitrogens with zero attached hydrogens (tertiary/aromatic N) is 2. The van der Waals surface area contributed by atoms with Gasteiger partial charge in [-0.2, -0.15) is 26.3 Å². The van der Waals surface area contributed by atoms with E-state index in [-0.39, 0.29) is 17.9 Å². The average Bonchev–Trinajstić information content (AvgIpc) is 2.79. The molecule has 0 spiro atoms. The van der Waals surface area contributed by atoms with Gasteiger partial charge < -0.3 is 9.84 Å². The summed E-state index contributed by atoms with van der Waals surface area (Å²) in [5.41, 5.74) is 0.505. The van der Waals surface area contributed by atoms with Crippen LogP contribution in [0.4, 0.5) is 26.3 Å². The molecule has 1 aromatic heterocycles. The number of rotatable bonds is 9. The fourth-order valence-electron chi connectivity index (χ4n) is 3.67. The van der Waals surface area contributed by atoms with Gasteiger partial charge in [0.2, 0.25) is 0 Å². The highest BCUT2D eigenvalue weighted by Gasteiger charge is 2.45. The van der Waals surface area contributed by atoms with Crippen LogP contribution < -0.4 is 4.74 Å². The Hall–Kier alpha value is -3.11. The number of aliphatic hydroxyl groups is 1. The summed E-state index contributed by atoms with van der Waals surface area (Å²) in [6.07, 6.45) is -8.03. The number of hydrogen-bond donors (Lipinski definition) is 1. The van der Waals surface area contributed by atoms with Crippen molar-refractivity contribution in [2.45, 2.75) is 38.0 Å². The van der Waals surface area contributed by atoms with Gasteiger partial charge in [0, 0.05) is 25.5 Å². The third-order valence-electron chi connectivity index (χ3n) is 5.38. The highest BCUT2D eigenvalue weighted by atomic mass is 19.4. The van der Waals surface area contributed by atoms with E-state index in [2.05, 4.69) is 4.98 Å². The van der Waals surface area contributed by atoms with Crippen LogP contribution in [0, 0.1) is 6.92 Å². The number of halogens is 6. The zero-order valence-electron chi connectivity index (χ0n) is 18.7. The number of ether oxygens (including phenoxy) is 1. The first kappa shape index (κ1) is 26.5. The predicted octanol–water partition coefficient (Wildman–Crippen LogP) is 5.95. The Morgan fingerprint density at radius 1 is 0.943 bits per heavy atom. The average molecular weight is 498 g/mol. The minimum atomic E-state index is -4.67. The summed E-state index contributed by atoms with van der Waals surface area (Å²) in [7, 11) is 0. The molecule has 1 N–H and O–H groups in total. The molecule has 2 aromatic carbocycles. The van der Waals surface area contributed by atoms with E-state index in [4.69, 9.17) is 4.74 Å². The second-order valence-corrected chi connectivity index (χ2v) is 8.07. The van der Waals surface area contributed by atoms with E-state index in [0.717, 1.165) is 40.9 Å². The highest BCUT2D eigenvalue weighted by molar-refractivity contribution is 5.29. The van der Waals surface area contributed by atoms with Gasteiger partial charge in [0.1, 0.15) is 24.5 Å². The first-order valence-electron chi connectivity index (χ1n) is 10.7. The molecule has 10 heteroatoms. The van der Waals surface area contributed by atoms with Crippen molar-refractivity contribution >= 4 is 0 Å². The minimum Gasteiger partial charge on any atom is -0.491 e. The summed E-state index contributed by atoms with van der Waals surface area (Å²) in [5, 5.41) is 10.5. The second-order valence-electron chi connectivity index (χ2n) is 8.07. The Kier molecular flexibility index (Phi) is 8.39. The molecule has 35 heavy (non-hydrogen) atoms. The van der Waals surface area contributed by atoms with Crippen LogP contribution in [0.2, 0.25) is 0 Å². The van der Waals surface area contributed by atoms with Gasteiger partial charge in [-0.3, -0.25) is 9.88 Å². The van der Waals surface area contributed by atoms with Crippen LogP contribution in [0.1, 0.15) is 28.3 Å². The number of benzene rings is 2. The lowest BCUT2D eigenvalue weighted by atomic mass is 10.0. The van der Waals surface area contributed by atoms with Crippen molar-refractivity contribution in [1.82, 2.24) is 9.88 Å². The molecular formula is C25H24F6N2O2. The maximum atomic E-state index is 14.2. The van der Waals surface area contributed by atoms with Crippen molar-refractivity contribution < 1.29 is 36.2 Å². The van der Waals surface area contributed by atoms with E-state index in [1.807, 2.05) is 0 Å². The van der Waals surface area contributed by atoms with Crippen molar-refractivity contribution in [1.29, 1.82) is 0 Å². The van der Waals surface area contributed by atoms with Gasteiger partial charge in [0.25, 0.3) is 0 Å². The third-order valence-corrected chi connectivity index (χ3v) is 5.38. The summed E-state index contributed by atoms with van der Waals surface area (Å²) in [5.74, 6) is 0.0575. The van der Waals surface area contributed by atoms with Crippen molar-refractivity contribution in [2.75, 3.05) is 13.2 Å². The number of aromatic nitrogens is 1. The highest BCUT2D eigenvalue weighted by Crippen LogP contribution is 2.38. The zero-order valence-corrected chi connectivity index (χ0v) is 18.7. The van der Waals surface area contributed by atoms with Gasteiger partial charge in [0.15, 0.2) is 0 Å². The van der Waals surface area contributed by atoms with Gasteiger partial charge in [0.05, 0.1) is 5.56 Å². The van der Waals surface area contributed by atoms with E-state index in [0.29, 0.717) is 5.56 Å². The van der Waals surface area contributed by atoms with Gasteiger partial charge >= 0.3 is 12.4 Å². The van der Waals surface area contributed by atoms with Crippen molar-refractivity contribution in [3.63, 3.8) is 0 Å². The van der Waals surface area contributed by atoms with E-state index in [1.165, 1.54) is 18.3 Å². The molecule has 4 nitrogen and oxygen atoms in total. The summed E-state index contributed by atoms with van der Waals surface area (Å²) >= 11 is 0. The first-order chi connectivity index (χ1) is 16.4. The van der Waals surface area contributed by atoms with Gasteiger partial charge in [-0.15, -0.1) is 0 Å². The summed E-state index contributed by atoms with van der Waals surface area (Å²) < 4.78 is 86.1. The standard InChI is InChI=1S/C25H24F6N2O2/c1-17-5-2-3-6-19(17)14-33(23(25(29,30)31)18-7-4-12-32-13-18)15-21(34)16-35-22-10-8-20(9-11-22)24(26,27)28/h2-13,21,23,34H,14-16H2,1H3/t21?,23-/m0/s1. The molecule has 188 valence electrons. The number of alkyl halides is 6. The Balaban J connectivity index is 1.80. The van der Waals surface area contributed by atoms with Crippen LogP contribution in [0.3, 0.4) is 0 Å². The van der Waals surface area contributed by atoms with Gasteiger partial charge in [-0.1, -0.05) is 30.3 Å². The lowest BCUT2D eigenvalue weighted by molar-refractivity contribution is -0.191. The fraction of sp³-hybridized carbons (Fsp3) is 0.320. The van der Waals surface area contributed by atoms with Crippen LogP contribution in [-0.4, -0.2) is 40.4 Å². The first-order valence-corrected chi connectivity index (χ1v) is 10.7. The SMILES string of the molecule is Cc1ccccc1CN(CC(O)COc1ccc(C(F)(F)F)cc1)[C@@H](c1cccnc1)C(F)(F)F. The molecule has 0 radical (unpaired) electrons. The molecule has 3 rings (SSSR count). The van der Waals surface area contributed by atoms with Crippen LogP contribution in [0.5, 0.6) is 5.75 Å². The number of pyridine rings is 1. The van der Waals surface area contributed by atoms with Crippen LogP contribution in [-0.2, 0) is 12.7 Å². The van der Waals surface area contributed by atoms with Crippen molar-refractivity contribution in [3.05, 3.63) is 95.3 Å². The fourth-order valence-corrected chi connectivity index (χ4v) is 3.67. The molecule has 0 saturated heterocycles. The minimum absolute atomic E-state index is 0.0575. The van der Waals surface area contributed by atoms with Gasteiger partial charge in [-0.05, 0) is 53.9 Å². The Morgan fingerprint density at radius 3 is 2.20 bits per heavy atom.